The molecular formula is C60H101N3O45. The van der Waals surface area contributed by atoms with Gasteiger partial charge >= 0.3 is 0 Å². The molecule has 48 nitrogen and oxygen atoms in total. The predicted molar refractivity (Wildman–Crippen MR) is 330 cm³/mol. The minimum Gasteiger partial charge on any atom is -0.394 e. The second kappa shape index (κ2) is 38.5. The normalized spacial score (nSPS) is 50.4. The van der Waals surface area contributed by atoms with E-state index < -0.39 is 347 Å². The smallest absolute Gasteiger partial charge is 0.217 e. The topological polar surface area (TPSA) is 750 Å². The Hall–Kier alpha value is -3.27. The largest absolute Gasteiger partial charge is 0.394 e. The van der Waals surface area contributed by atoms with Crippen molar-refractivity contribution in [2.45, 2.75) is 304 Å². The molecule has 28 N–H and O–H groups in total. The summed E-state index contributed by atoms with van der Waals surface area (Å²) in [5, 5.41) is 281. The average molecular weight is 1580 g/mol. The fourth-order valence-electron chi connectivity index (χ4n) is 14.0. The second-order valence-electron chi connectivity index (χ2n) is 27.4. The third-order valence-electron chi connectivity index (χ3n) is 19.9. The molecule has 626 valence electrons. The number of hydrogen-bond acceptors (Lipinski definition) is 45. The Morgan fingerprint density at radius 3 is 0.991 bits per heavy atom. The molecule has 0 aromatic rings. The molecule has 0 saturated carbocycles. The van der Waals surface area contributed by atoms with Gasteiger partial charge < -0.3 is 224 Å². The highest BCUT2D eigenvalue weighted by atomic mass is 16.8. The van der Waals surface area contributed by atoms with Crippen molar-refractivity contribution in [3.8, 4) is 0 Å². The van der Waals surface area contributed by atoms with E-state index in [2.05, 4.69) is 16.0 Å². The molecule has 0 aromatic carbocycles. The van der Waals surface area contributed by atoms with Crippen LogP contribution in [0.1, 0.15) is 27.7 Å². The van der Waals surface area contributed by atoms with Crippen molar-refractivity contribution in [1.29, 1.82) is 0 Å². The van der Waals surface area contributed by atoms with Gasteiger partial charge in [-0.2, -0.15) is 0 Å². The highest BCUT2D eigenvalue weighted by molar-refractivity contribution is 5.74. The van der Waals surface area contributed by atoms with Crippen LogP contribution in [-0.2, 0) is 94.9 Å². The number of aliphatic hydroxyl groups excluding tert-OH is 25. The SMILES string of the molecule is CC(=O)N[C@H]1[C@H](O[C@H]2[C@@H](O)[C@@H](CO)O[C@@H](O[C@H]3[C@H](O)[C@@H](NC(C)=O)[C@H](OC[C@H]4O[C@@H](O[C@H]5[C@H](O)[C@@H](O)C(O)O[C@@H]5CO)[C@H](O)[C@@H](O[C@@H]5O[C@H](CO)[C@@H](O[C@@H]6O[C@@H](C)[C@@H](O)[C@@H](O)[C@@H]6O)[C@H](O[C@@H]6O[C@H](CO)[C@H](O)[C@H](O)[C@H]6O)[C@H]5NC(C)=O)[C@H]4O)O[C@@H]3CO)[C@@H]2O)O[C@H](CO)[C@@H](O[C@@H]2O[C@H](CO)[C@H](O)[C@H](O)[C@H]2O)[C@@H]1O. The van der Waals surface area contributed by atoms with Crippen LogP contribution in [0.3, 0.4) is 0 Å². The van der Waals surface area contributed by atoms with Crippen LogP contribution in [0.4, 0.5) is 0 Å². The van der Waals surface area contributed by atoms with Crippen molar-refractivity contribution in [3.63, 3.8) is 0 Å². The van der Waals surface area contributed by atoms with Crippen LogP contribution < -0.4 is 16.0 Å². The Morgan fingerprint density at radius 1 is 0.259 bits per heavy atom. The Balaban J connectivity index is 0.985. The number of rotatable bonds is 27. The molecule has 9 rings (SSSR count). The molecule has 1 unspecified atom stereocenters. The molecule has 48 heteroatoms. The van der Waals surface area contributed by atoms with E-state index in [0.29, 0.717) is 0 Å². The van der Waals surface area contributed by atoms with E-state index in [1.54, 1.807) is 0 Å². The summed E-state index contributed by atoms with van der Waals surface area (Å²) < 4.78 is 100. The lowest BCUT2D eigenvalue weighted by Gasteiger charge is -2.52. The van der Waals surface area contributed by atoms with Crippen molar-refractivity contribution in [3.05, 3.63) is 0 Å². The summed E-state index contributed by atoms with van der Waals surface area (Å²) in [4.78, 5) is 39.1. The zero-order valence-corrected chi connectivity index (χ0v) is 58.0. The van der Waals surface area contributed by atoms with Gasteiger partial charge in [-0.15, -0.1) is 0 Å². The summed E-state index contributed by atoms with van der Waals surface area (Å²) in [7, 11) is 0. The third-order valence-corrected chi connectivity index (χ3v) is 19.9. The number of nitrogens with one attached hydrogen (secondary N) is 3. The van der Waals surface area contributed by atoms with Gasteiger partial charge in [-0.1, -0.05) is 0 Å². The first-order valence-electron chi connectivity index (χ1n) is 34.5. The van der Waals surface area contributed by atoms with Gasteiger partial charge in [0.05, 0.1) is 59.0 Å². The van der Waals surface area contributed by atoms with Crippen molar-refractivity contribution in [2.24, 2.45) is 0 Å². The molecule has 0 bridgehead atoms. The first kappa shape index (κ1) is 88.7. The van der Waals surface area contributed by atoms with Gasteiger partial charge in [-0.3, -0.25) is 14.4 Å². The molecule has 9 aliphatic rings. The van der Waals surface area contributed by atoms with Crippen molar-refractivity contribution in [2.75, 3.05) is 52.9 Å². The Bertz CT molecular complexity index is 2820. The Kier molecular flexibility index (Phi) is 31.6. The molecule has 108 heavy (non-hydrogen) atoms. The fourth-order valence-corrected chi connectivity index (χ4v) is 14.0. The highest BCUT2D eigenvalue weighted by Crippen LogP contribution is 2.40. The average Bonchev–Trinajstić information content (AvgIpc) is 0.770. The van der Waals surface area contributed by atoms with E-state index in [9.17, 15) is 142 Å². The molecule has 9 fully saturated rings. The summed E-state index contributed by atoms with van der Waals surface area (Å²) >= 11 is 0. The Labute approximate surface area is 611 Å². The lowest BCUT2D eigenvalue weighted by Crippen LogP contribution is -2.71. The quantitative estimate of drug-likeness (QED) is 0.0363. The van der Waals surface area contributed by atoms with Gasteiger partial charge in [-0.05, 0) is 6.92 Å². The van der Waals surface area contributed by atoms with Crippen LogP contribution in [0, 0.1) is 0 Å². The molecule has 0 aromatic heterocycles. The number of amides is 3. The van der Waals surface area contributed by atoms with Crippen molar-refractivity contribution in [1.82, 2.24) is 16.0 Å². The number of carbonyl (C=O) groups excluding carboxylic acids is 3. The van der Waals surface area contributed by atoms with E-state index in [1.807, 2.05) is 0 Å². The van der Waals surface area contributed by atoms with Crippen molar-refractivity contribution < 1.29 is 223 Å². The highest BCUT2D eigenvalue weighted by Gasteiger charge is 2.61. The molecule has 3 amide bonds. The Morgan fingerprint density at radius 2 is 0.556 bits per heavy atom. The maximum Gasteiger partial charge on any atom is 0.217 e. The lowest BCUT2D eigenvalue weighted by atomic mass is 9.93. The van der Waals surface area contributed by atoms with Crippen LogP contribution in [0.25, 0.3) is 0 Å². The third kappa shape index (κ3) is 19.1. The molecule has 0 aliphatic carbocycles. The number of carbonyl (C=O) groups is 3. The van der Waals surface area contributed by atoms with Gasteiger partial charge in [0.1, 0.15) is 213 Å². The van der Waals surface area contributed by atoms with Crippen LogP contribution in [0.15, 0.2) is 0 Å². The molecule has 45 atom stereocenters. The van der Waals surface area contributed by atoms with Crippen LogP contribution in [0.2, 0.25) is 0 Å². The van der Waals surface area contributed by atoms with Gasteiger partial charge in [0.15, 0.2) is 56.6 Å². The van der Waals surface area contributed by atoms with Crippen molar-refractivity contribution >= 4 is 17.7 Å². The summed E-state index contributed by atoms with van der Waals surface area (Å²) in [6.45, 7) is -4.46. The minimum atomic E-state index is -2.44. The lowest BCUT2D eigenvalue weighted by molar-refractivity contribution is -0.393. The van der Waals surface area contributed by atoms with Crippen LogP contribution in [-0.4, -0.2) is 474 Å². The number of aliphatic hydroxyl groups is 25. The summed E-state index contributed by atoms with van der Waals surface area (Å²) in [5.41, 5.74) is 0. The van der Waals surface area contributed by atoms with E-state index in [4.69, 9.17) is 80.5 Å². The first-order valence-corrected chi connectivity index (χ1v) is 34.5. The molecule has 0 radical (unpaired) electrons. The zero-order chi connectivity index (χ0) is 79.5. The van der Waals surface area contributed by atoms with Crippen LogP contribution >= 0.6 is 0 Å². The van der Waals surface area contributed by atoms with E-state index in [-0.39, 0.29) is 0 Å². The van der Waals surface area contributed by atoms with Gasteiger partial charge in [0.25, 0.3) is 0 Å². The monoisotopic (exact) mass is 1580 g/mol. The first-order chi connectivity index (χ1) is 51.1. The number of hydrogen-bond donors (Lipinski definition) is 28. The maximum absolute atomic E-state index is 13.4. The molecule has 9 aliphatic heterocycles. The van der Waals surface area contributed by atoms with Crippen LogP contribution in [0.5, 0.6) is 0 Å². The molecule has 0 spiro atoms. The van der Waals surface area contributed by atoms with E-state index >= 15 is 0 Å². The van der Waals surface area contributed by atoms with Gasteiger partial charge in [-0.25, -0.2) is 0 Å². The van der Waals surface area contributed by atoms with Gasteiger partial charge in [0, 0.05) is 20.8 Å². The minimum absolute atomic E-state index is 0.881. The standard InChI is InChI=1S/C60H101N3O45/c1-13-28(74)35(81)40(86)56(93-13)105-48-23(11-70)100-55(27(63-16(4)73)49(48)106-58-42(88)37(83)30(76)18(6-65)96-58)108-51-32(78)24(101-60(44(51)90)104-47-20(8-67)94-52(91)39(85)38(47)84)12-92-53-25(61-14(2)71)33(79)45(21(9-68)98-53)103-59-43(89)50(31(77)19(7-66)97-59)107-54-26(62-15(3)72)34(80)46(22(10-69)99-54)102-57-41(87)36(82)29(75)17(5-64)95-57/h13,17-60,64-70,74-91H,5-12H2,1-4H3,(H,61,71)(H,62,72)(H,63,73)/t13-,17+,18+,19+,20+,21+,22+,23+,24+,25+,26+,27+,28+,29-,30-,31-,32-,33+,34+,35+,36-,37-,38+,39+,40-,41+,42+,43+,44+,45+,46+,47+,48+,49+,50-,51-,52?,53+,54-,55-,56-,57-,58-,59-,60-/m0/s1. The van der Waals surface area contributed by atoms with Gasteiger partial charge in [0.2, 0.25) is 17.7 Å². The molecule has 9 heterocycles. The number of ether oxygens (including phenoxy) is 17. The summed E-state index contributed by atoms with van der Waals surface area (Å²) in [6.07, 6.45) is -84.7. The second-order valence-corrected chi connectivity index (χ2v) is 27.4. The molecule has 9 saturated heterocycles. The predicted octanol–water partition coefficient (Wildman–Crippen LogP) is -19.2. The zero-order valence-electron chi connectivity index (χ0n) is 58.0. The maximum atomic E-state index is 13.4. The summed E-state index contributed by atoms with van der Waals surface area (Å²) in [5.74, 6) is -2.81. The fraction of sp³-hybridized carbons (Fsp3) is 0.950. The van der Waals surface area contributed by atoms with E-state index in [0.717, 1.165) is 20.8 Å². The van der Waals surface area contributed by atoms with E-state index in [1.165, 1.54) is 6.92 Å². The summed E-state index contributed by atoms with van der Waals surface area (Å²) in [6, 6.07) is -5.71. The molecular weight excluding hydrogens is 1480 g/mol.